The highest BCUT2D eigenvalue weighted by Gasteiger charge is 2.55. The third-order valence-corrected chi connectivity index (χ3v) is 4.51. The molecule has 2 aromatic carbocycles. The molecule has 0 aliphatic carbocycles. The molecule has 0 aromatic heterocycles. The SMILES string of the molecule is Cc1ccc(N2C(=O)C3N=NN(c4cccc(C(F)(F)F)c4)C3C2=O)cc1. The molecule has 138 valence electrons. The predicted molar refractivity (Wildman–Crippen MR) is 90.0 cm³/mol. The highest BCUT2D eigenvalue weighted by Crippen LogP contribution is 2.37. The van der Waals surface area contributed by atoms with Gasteiger partial charge in [-0.05, 0) is 37.3 Å². The fourth-order valence-electron chi connectivity index (χ4n) is 3.15. The average Bonchev–Trinajstić information content (AvgIpc) is 3.16. The fourth-order valence-corrected chi connectivity index (χ4v) is 3.15. The standard InChI is InChI=1S/C18H13F3N4O2/c1-10-5-7-12(8-6-10)24-16(26)14-15(17(24)27)25(23-22-14)13-4-2-3-11(9-13)18(19,20)21/h2-9,14-15H,1H3. The van der Waals surface area contributed by atoms with Crippen LogP contribution in [0.5, 0.6) is 0 Å². The summed E-state index contributed by atoms with van der Waals surface area (Å²) in [4.78, 5) is 26.5. The van der Waals surface area contributed by atoms with E-state index in [2.05, 4.69) is 10.3 Å². The van der Waals surface area contributed by atoms with E-state index in [0.717, 1.165) is 27.6 Å². The van der Waals surface area contributed by atoms with Gasteiger partial charge in [0.1, 0.15) is 0 Å². The molecular weight excluding hydrogens is 361 g/mol. The van der Waals surface area contributed by atoms with Gasteiger partial charge in [0.2, 0.25) is 0 Å². The maximum Gasteiger partial charge on any atom is 0.416 e. The first-order chi connectivity index (χ1) is 12.8. The van der Waals surface area contributed by atoms with Crippen LogP contribution in [0.15, 0.2) is 58.9 Å². The Bertz CT molecular complexity index is 956. The number of carbonyl (C=O) groups excluding carboxylic acids is 2. The van der Waals surface area contributed by atoms with E-state index < -0.39 is 35.6 Å². The number of anilines is 2. The summed E-state index contributed by atoms with van der Waals surface area (Å²) in [5.41, 5.74) is 0.534. The van der Waals surface area contributed by atoms with Crippen molar-refractivity contribution in [2.45, 2.75) is 25.2 Å². The van der Waals surface area contributed by atoms with Gasteiger partial charge in [-0.3, -0.25) is 9.59 Å². The van der Waals surface area contributed by atoms with E-state index in [1.54, 1.807) is 24.3 Å². The van der Waals surface area contributed by atoms with E-state index >= 15 is 0 Å². The average molecular weight is 374 g/mol. The lowest BCUT2D eigenvalue weighted by atomic mass is 10.1. The number of alkyl halides is 3. The molecule has 4 rings (SSSR count). The largest absolute Gasteiger partial charge is 0.416 e. The molecule has 0 N–H and O–H groups in total. The second kappa shape index (κ2) is 5.90. The van der Waals surface area contributed by atoms with Crippen molar-refractivity contribution in [2.75, 3.05) is 9.91 Å². The van der Waals surface area contributed by atoms with Crippen LogP contribution >= 0.6 is 0 Å². The summed E-state index contributed by atoms with van der Waals surface area (Å²) < 4.78 is 38.9. The minimum absolute atomic E-state index is 0.0491. The maximum absolute atomic E-state index is 13.0. The third kappa shape index (κ3) is 2.75. The van der Waals surface area contributed by atoms with Gasteiger partial charge in [0.15, 0.2) is 12.1 Å². The van der Waals surface area contributed by atoms with Crippen molar-refractivity contribution in [1.82, 2.24) is 0 Å². The minimum atomic E-state index is -4.53. The Hall–Kier alpha value is -3.23. The molecule has 2 atom stereocenters. The van der Waals surface area contributed by atoms with Crippen LogP contribution in [0.25, 0.3) is 0 Å². The number of rotatable bonds is 2. The second-order valence-corrected chi connectivity index (χ2v) is 6.33. The van der Waals surface area contributed by atoms with Gasteiger partial charge in [-0.1, -0.05) is 29.0 Å². The molecule has 2 heterocycles. The van der Waals surface area contributed by atoms with Crippen molar-refractivity contribution in [3.63, 3.8) is 0 Å². The van der Waals surface area contributed by atoms with E-state index in [1.165, 1.54) is 12.1 Å². The zero-order valence-electron chi connectivity index (χ0n) is 14.0. The Morgan fingerprint density at radius 2 is 1.67 bits per heavy atom. The topological polar surface area (TPSA) is 65.3 Å². The van der Waals surface area contributed by atoms with Crippen molar-refractivity contribution >= 4 is 23.2 Å². The number of fused-ring (bicyclic) bond motifs is 1. The van der Waals surface area contributed by atoms with Crippen LogP contribution in [-0.4, -0.2) is 23.9 Å². The zero-order valence-corrected chi connectivity index (χ0v) is 14.0. The van der Waals surface area contributed by atoms with E-state index in [-0.39, 0.29) is 5.69 Å². The van der Waals surface area contributed by atoms with Crippen molar-refractivity contribution in [1.29, 1.82) is 0 Å². The molecule has 0 saturated carbocycles. The number of halogens is 3. The van der Waals surface area contributed by atoms with Gasteiger partial charge in [0.05, 0.1) is 16.9 Å². The van der Waals surface area contributed by atoms with Gasteiger partial charge in [0, 0.05) is 0 Å². The molecule has 9 heteroatoms. The lowest BCUT2D eigenvalue weighted by Gasteiger charge is -2.21. The number of nitrogens with zero attached hydrogens (tertiary/aromatic N) is 4. The molecule has 1 fully saturated rings. The number of aryl methyl sites for hydroxylation is 1. The van der Waals surface area contributed by atoms with E-state index in [9.17, 15) is 22.8 Å². The van der Waals surface area contributed by atoms with Gasteiger partial charge in [0.25, 0.3) is 11.8 Å². The highest BCUT2D eigenvalue weighted by atomic mass is 19.4. The second-order valence-electron chi connectivity index (χ2n) is 6.33. The summed E-state index contributed by atoms with van der Waals surface area (Å²) in [7, 11) is 0. The van der Waals surface area contributed by atoms with E-state index in [0.29, 0.717) is 5.69 Å². The summed E-state index contributed by atoms with van der Waals surface area (Å²) in [5.74, 6) is -1.12. The van der Waals surface area contributed by atoms with Gasteiger partial charge < -0.3 is 0 Å². The van der Waals surface area contributed by atoms with Gasteiger partial charge in [-0.25, -0.2) is 9.91 Å². The molecule has 2 aliphatic heterocycles. The first kappa shape index (κ1) is 17.2. The van der Waals surface area contributed by atoms with Crippen molar-refractivity contribution in [3.05, 3.63) is 59.7 Å². The van der Waals surface area contributed by atoms with Crippen LogP contribution in [0.3, 0.4) is 0 Å². The number of hydrogen-bond donors (Lipinski definition) is 0. The molecule has 2 unspecified atom stereocenters. The van der Waals surface area contributed by atoms with Crippen LogP contribution in [0.2, 0.25) is 0 Å². The molecule has 6 nitrogen and oxygen atoms in total. The van der Waals surface area contributed by atoms with Crippen molar-refractivity contribution in [2.24, 2.45) is 10.3 Å². The number of benzene rings is 2. The Morgan fingerprint density at radius 3 is 2.33 bits per heavy atom. The first-order valence-corrected chi connectivity index (χ1v) is 8.09. The summed E-state index contributed by atoms with van der Waals surface area (Å²) in [6.45, 7) is 1.87. The molecule has 0 spiro atoms. The van der Waals surface area contributed by atoms with Gasteiger partial charge in [-0.15, -0.1) is 0 Å². The lowest BCUT2D eigenvalue weighted by Crippen LogP contribution is -2.40. The molecular formula is C18H13F3N4O2. The normalized spacial score (nSPS) is 21.9. The van der Waals surface area contributed by atoms with Crippen molar-refractivity contribution in [3.8, 4) is 0 Å². The van der Waals surface area contributed by atoms with Crippen LogP contribution < -0.4 is 9.91 Å². The minimum Gasteiger partial charge on any atom is -0.271 e. The number of carbonyl (C=O) groups is 2. The maximum atomic E-state index is 13.0. The molecule has 0 bridgehead atoms. The fraction of sp³-hybridized carbons (Fsp3) is 0.222. The molecule has 2 aliphatic rings. The number of imide groups is 1. The Kier molecular flexibility index (Phi) is 3.76. The summed E-state index contributed by atoms with van der Waals surface area (Å²) in [5, 5.41) is 8.69. The lowest BCUT2D eigenvalue weighted by molar-refractivity contribution is -0.137. The first-order valence-electron chi connectivity index (χ1n) is 8.09. The van der Waals surface area contributed by atoms with E-state index in [4.69, 9.17) is 0 Å². The van der Waals surface area contributed by atoms with Crippen LogP contribution in [-0.2, 0) is 15.8 Å². The highest BCUT2D eigenvalue weighted by molar-refractivity contribution is 6.26. The summed E-state index contributed by atoms with van der Waals surface area (Å²) in [6.07, 6.45) is -4.53. The van der Waals surface area contributed by atoms with Gasteiger partial charge >= 0.3 is 6.18 Å². The van der Waals surface area contributed by atoms with Gasteiger partial charge in [-0.2, -0.15) is 18.3 Å². The number of amides is 2. The molecule has 0 radical (unpaired) electrons. The Morgan fingerprint density at radius 1 is 0.963 bits per heavy atom. The zero-order chi connectivity index (χ0) is 19.3. The quantitative estimate of drug-likeness (QED) is 0.756. The Labute approximate surface area is 151 Å². The molecule has 1 saturated heterocycles. The van der Waals surface area contributed by atoms with Crippen molar-refractivity contribution < 1.29 is 22.8 Å². The van der Waals surface area contributed by atoms with Crippen LogP contribution in [0.4, 0.5) is 24.5 Å². The smallest absolute Gasteiger partial charge is 0.271 e. The van der Waals surface area contributed by atoms with E-state index in [1.807, 2.05) is 6.92 Å². The van der Waals surface area contributed by atoms with Crippen LogP contribution in [0, 0.1) is 6.92 Å². The molecule has 27 heavy (non-hydrogen) atoms. The van der Waals surface area contributed by atoms with Crippen LogP contribution in [0.1, 0.15) is 11.1 Å². The third-order valence-electron chi connectivity index (χ3n) is 4.51. The summed E-state index contributed by atoms with van der Waals surface area (Å²) >= 11 is 0. The summed E-state index contributed by atoms with van der Waals surface area (Å²) in [6, 6.07) is 9.04. The molecule has 2 amide bonds. The predicted octanol–water partition coefficient (Wildman–Crippen LogP) is 3.51. The monoisotopic (exact) mass is 374 g/mol. The number of hydrogen-bond acceptors (Lipinski definition) is 5. The molecule has 2 aromatic rings. The Balaban J connectivity index is 1.69.